The van der Waals surface area contributed by atoms with Crippen LogP contribution in [0.25, 0.3) is 10.9 Å². The molecule has 1 heterocycles. The molecule has 0 bridgehead atoms. The number of nitrogens with zero attached hydrogens (tertiary/aromatic N) is 2. The number of carbonyl (C=O) groups is 1. The molecule has 0 aliphatic rings. The van der Waals surface area contributed by atoms with Crippen LogP contribution >= 0.6 is 0 Å². The van der Waals surface area contributed by atoms with E-state index in [1.165, 1.54) is 11.8 Å². The van der Waals surface area contributed by atoms with Gasteiger partial charge in [-0.15, -0.1) is 0 Å². The van der Waals surface area contributed by atoms with Gasteiger partial charge >= 0.3 is 0 Å². The first-order valence-electron chi connectivity index (χ1n) is 7.99. The first-order chi connectivity index (χ1) is 11.7. The van der Waals surface area contributed by atoms with Gasteiger partial charge in [-0.05, 0) is 24.1 Å². The van der Waals surface area contributed by atoms with Crippen molar-refractivity contribution in [2.75, 3.05) is 6.54 Å². The van der Waals surface area contributed by atoms with Gasteiger partial charge in [0.1, 0.15) is 0 Å². The number of amides is 1. The Bertz CT molecular complexity index is 888. The van der Waals surface area contributed by atoms with Crippen molar-refractivity contribution >= 4 is 16.8 Å². The molecule has 1 aromatic heterocycles. The van der Waals surface area contributed by atoms with Gasteiger partial charge in [0.15, 0.2) is 0 Å². The molecule has 5 nitrogen and oxygen atoms in total. The van der Waals surface area contributed by atoms with Crippen LogP contribution in [-0.2, 0) is 17.8 Å². The normalized spacial score (nSPS) is 10.7. The summed E-state index contributed by atoms with van der Waals surface area (Å²) in [6.07, 6.45) is 2.44. The molecule has 3 aromatic rings. The second-order valence-electron chi connectivity index (χ2n) is 5.58. The summed E-state index contributed by atoms with van der Waals surface area (Å²) >= 11 is 0. The number of nitrogens with one attached hydrogen (secondary N) is 1. The van der Waals surface area contributed by atoms with Crippen molar-refractivity contribution in [1.29, 1.82) is 0 Å². The third-order valence-electron chi connectivity index (χ3n) is 3.89. The van der Waals surface area contributed by atoms with Crippen LogP contribution in [0, 0.1) is 0 Å². The van der Waals surface area contributed by atoms with Crippen LogP contribution in [-0.4, -0.2) is 22.2 Å². The molecule has 0 unspecified atom stereocenters. The van der Waals surface area contributed by atoms with Crippen LogP contribution in [0.1, 0.15) is 12.0 Å². The minimum absolute atomic E-state index is 0.0180. The molecule has 5 heteroatoms. The van der Waals surface area contributed by atoms with Crippen molar-refractivity contribution in [3.8, 4) is 0 Å². The second kappa shape index (κ2) is 7.55. The smallest absolute Gasteiger partial charge is 0.221 e. The van der Waals surface area contributed by atoms with E-state index in [0.29, 0.717) is 24.9 Å². The van der Waals surface area contributed by atoms with E-state index >= 15 is 0 Å². The Labute approximate surface area is 139 Å². The molecule has 2 aromatic carbocycles. The molecule has 0 atom stereocenters. The number of rotatable bonds is 6. The van der Waals surface area contributed by atoms with E-state index in [1.807, 2.05) is 48.5 Å². The Balaban J connectivity index is 1.55. The molecular weight excluding hydrogens is 302 g/mol. The standard InChI is InChI=1S/C19H19N3O2/c23-18-14-21-22(17-9-5-4-8-16(17)18)13-11-19(24)20-12-10-15-6-2-1-3-7-15/h1-9,14H,10-13H2,(H,20,24). The molecule has 1 N–H and O–H groups in total. The van der Waals surface area contributed by atoms with Crippen molar-refractivity contribution in [3.63, 3.8) is 0 Å². The molecule has 3 rings (SSSR count). The highest BCUT2D eigenvalue weighted by molar-refractivity contribution is 5.79. The molecule has 0 spiro atoms. The van der Waals surface area contributed by atoms with Crippen LogP contribution < -0.4 is 10.7 Å². The predicted octanol–water partition coefficient (Wildman–Crippen LogP) is 2.15. The van der Waals surface area contributed by atoms with Crippen LogP contribution in [0.3, 0.4) is 0 Å². The van der Waals surface area contributed by atoms with Gasteiger partial charge in [0.25, 0.3) is 0 Å². The molecule has 0 fully saturated rings. The fraction of sp³-hybridized carbons (Fsp3) is 0.211. The Morgan fingerprint density at radius 1 is 1.04 bits per heavy atom. The molecule has 0 aliphatic heterocycles. The lowest BCUT2D eigenvalue weighted by molar-refractivity contribution is -0.121. The van der Waals surface area contributed by atoms with E-state index in [2.05, 4.69) is 10.4 Å². The number of hydrogen-bond donors (Lipinski definition) is 1. The minimum Gasteiger partial charge on any atom is -0.356 e. The van der Waals surface area contributed by atoms with Gasteiger partial charge in [0.2, 0.25) is 11.3 Å². The van der Waals surface area contributed by atoms with Gasteiger partial charge in [-0.3, -0.25) is 14.3 Å². The summed E-state index contributed by atoms with van der Waals surface area (Å²) in [5.74, 6) is -0.0180. The number of aromatic nitrogens is 2. The summed E-state index contributed by atoms with van der Waals surface area (Å²) in [6, 6.07) is 17.3. The van der Waals surface area contributed by atoms with Crippen molar-refractivity contribution in [2.45, 2.75) is 19.4 Å². The zero-order valence-electron chi connectivity index (χ0n) is 13.3. The highest BCUT2D eigenvalue weighted by Gasteiger charge is 2.06. The van der Waals surface area contributed by atoms with Crippen molar-refractivity contribution < 1.29 is 4.79 Å². The fourth-order valence-corrected chi connectivity index (χ4v) is 2.63. The SMILES string of the molecule is O=C(CCn1ncc(=O)c2ccccc21)NCCc1ccccc1. The number of aryl methyl sites for hydroxylation is 1. The summed E-state index contributed by atoms with van der Waals surface area (Å²) in [7, 11) is 0. The number of para-hydroxylation sites is 1. The summed E-state index contributed by atoms with van der Waals surface area (Å²) < 4.78 is 1.70. The minimum atomic E-state index is -0.103. The average molecular weight is 321 g/mol. The summed E-state index contributed by atoms with van der Waals surface area (Å²) in [6.45, 7) is 1.05. The van der Waals surface area contributed by atoms with Crippen molar-refractivity contribution in [3.05, 3.63) is 76.6 Å². The van der Waals surface area contributed by atoms with E-state index in [0.717, 1.165) is 11.9 Å². The van der Waals surface area contributed by atoms with E-state index in [4.69, 9.17) is 0 Å². The second-order valence-corrected chi connectivity index (χ2v) is 5.58. The Morgan fingerprint density at radius 3 is 2.62 bits per heavy atom. The maximum atomic E-state index is 12.0. The lowest BCUT2D eigenvalue weighted by Gasteiger charge is -2.09. The lowest BCUT2D eigenvalue weighted by atomic mass is 10.1. The molecule has 0 saturated heterocycles. The van der Waals surface area contributed by atoms with E-state index < -0.39 is 0 Å². The van der Waals surface area contributed by atoms with E-state index in [1.54, 1.807) is 10.7 Å². The zero-order chi connectivity index (χ0) is 16.8. The van der Waals surface area contributed by atoms with Crippen LogP contribution in [0.4, 0.5) is 0 Å². The quantitative estimate of drug-likeness (QED) is 0.756. The maximum Gasteiger partial charge on any atom is 0.221 e. The largest absolute Gasteiger partial charge is 0.356 e. The van der Waals surface area contributed by atoms with Gasteiger partial charge in [0, 0.05) is 18.4 Å². The van der Waals surface area contributed by atoms with Crippen molar-refractivity contribution in [2.24, 2.45) is 0 Å². The number of benzene rings is 2. The highest BCUT2D eigenvalue weighted by Crippen LogP contribution is 2.08. The Kier molecular flexibility index (Phi) is 5.01. The number of fused-ring (bicyclic) bond motifs is 1. The molecule has 1 amide bonds. The number of hydrogen-bond acceptors (Lipinski definition) is 3. The first-order valence-corrected chi connectivity index (χ1v) is 7.99. The van der Waals surface area contributed by atoms with Crippen LogP contribution in [0.5, 0.6) is 0 Å². The van der Waals surface area contributed by atoms with Crippen LogP contribution in [0.2, 0.25) is 0 Å². The zero-order valence-corrected chi connectivity index (χ0v) is 13.3. The van der Waals surface area contributed by atoms with Gasteiger partial charge in [-0.2, -0.15) is 5.10 Å². The average Bonchev–Trinajstić information content (AvgIpc) is 2.62. The fourth-order valence-electron chi connectivity index (χ4n) is 2.63. The third kappa shape index (κ3) is 3.87. The molecule has 122 valence electrons. The molecular formula is C19H19N3O2. The van der Waals surface area contributed by atoms with Crippen LogP contribution in [0.15, 0.2) is 65.6 Å². The molecule has 0 radical (unpaired) electrons. The van der Waals surface area contributed by atoms with Gasteiger partial charge in [-0.25, -0.2) is 0 Å². The van der Waals surface area contributed by atoms with Gasteiger partial charge in [-0.1, -0.05) is 42.5 Å². The predicted molar refractivity (Wildman–Crippen MR) is 93.8 cm³/mol. The molecule has 24 heavy (non-hydrogen) atoms. The van der Waals surface area contributed by atoms with E-state index in [-0.39, 0.29) is 11.3 Å². The summed E-state index contributed by atoms with van der Waals surface area (Å²) in [5, 5.41) is 7.67. The first kappa shape index (κ1) is 15.9. The summed E-state index contributed by atoms with van der Waals surface area (Å²) in [5.41, 5.74) is 1.85. The number of carbonyl (C=O) groups excluding carboxylic acids is 1. The van der Waals surface area contributed by atoms with Gasteiger partial charge < -0.3 is 5.32 Å². The highest BCUT2D eigenvalue weighted by atomic mass is 16.1. The Morgan fingerprint density at radius 2 is 1.79 bits per heavy atom. The summed E-state index contributed by atoms with van der Waals surface area (Å²) in [4.78, 5) is 23.8. The molecule has 0 saturated carbocycles. The van der Waals surface area contributed by atoms with Gasteiger partial charge in [0.05, 0.1) is 18.3 Å². The Hall–Kier alpha value is -2.95. The monoisotopic (exact) mass is 321 g/mol. The van der Waals surface area contributed by atoms with Crippen molar-refractivity contribution in [1.82, 2.24) is 15.1 Å². The maximum absolute atomic E-state index is 12.0. The lowest BCUT2D eigenvalue weighted by Crippen LogP contribution is -2.27. The third-order valence-corrected chi connectivity index (χ3v) is 3.89. The van der Waals surface area contributed by atoms with E-state index in [9.17, 15) is 9.59 Å². The topological polar surface area (TPSA) is 64.0 Å². The molecule has 0 aliphatic carbocycles.